The van der Waals surface area contributed by atoms with Gasteiger partial charge < -0.3 is 9.88 Å². The zero-order chi connectivity index (χ0) is 13.0. The quantitative estimate of drug-likeness (QED) is 0.863. The molecule has 0 aliphatic heterocycles. The molecule has 94 valence electrons. The highest BCUT2D eigenvalue weighted by atomic mass is 32.2. The van der Waals surface area contributed by atoms with E-state index in [0.29, 0.717) is 0 Å². The van der Waals surface area contributed by atoms with Gasteiger partial charge >= 0.3 is 0 Å². The van der Waals surface area contributed by atoms with Crippen LogP contribution in [0.4, 0.5) is 10.1 Å². The molecule has 2 rings (SSSR count). The molecule has 0 fully saturated rings. The van der Waals surface area contributed by atoms with Crippen molar-refractivity contribution in [3.8, 4) is 0 Å². The fourth-order valence-electron chi connectivity index (χ4n) is 1.37. The van der Waals surface area contributed by atoms with E-state index in [1.165, 1.54) is 23.9 Å². The predicted molar refractivity (Wildman–Crippen MR) is 69.0 cm³/mol. The maximum Gasteiger partial charge on any atom is 0.234 e. The van der Waals surface area contributed by atoms with E-state index in [1.54, 1.807) is 24.5 Å². The molecule has 1 heterocycles. The van der Waals surface area contributed by atoms with Crippen molar-refractivity contribution in [2.45, 2.75) is 5.16 Å². The number of nitrogens with one attached hydrogen (secondary N) is 1. The zero-order valence-electron chi connectivity index (χ0n) is 9.76. The lowest BCUT2D eigenvalue weighted by atomic mass is 10.3. The van der Waals surface area contributed by atoms with E-state index >= 15 is 0 Å². The number of hydrogen-bond donors (Lipinski definition) is 1. The highest BCUT2D eigenvalue weighted by Gasteiger charge is 2.08. The van der Waals surface area contributed by atoms with Crippen molar-refractivity contribution in [2.24, 2.45) is 7.05 Å². The van der Waals surface area contributed by atoms with Crippen molar-refractivity contribution < 1.29 is 9.18 Å². The molecule has 0 radical (unpaired) electrons. The first-order valence-corrected chi connectivity index (χ1v) is 6.30. The third-order valence-corrected chi connectivity index (χ3v) is 3.32. The van der Waals surface area contributed by atoms with Gasteiger partial charge in [-0.15, -0.1) is 0 Å². The van der Waals surface area contributed by atoms with Crippen molar-refractivity contribution in [3.05, 3.63) is 42.5 Å². The smallest absolute Gasteiger partial charge is 0.234 e. The number of carbonyl (C=O) groups excluding carboxylic acids is 1. The molecule has 1 amide bonds. The Hall–Kier alpha value is -1.82. The predicted octanol–water partition coefficient (Wildman–Crippen LogP) is 2.29. The molecule has 1 aromatic carbocycles. The largest absolute Gasteiger partial charge is 0.329 e. The summed E-state index contributed by atoms with van der Waals surface area (Å²) in [5.74, 6) is -0.500. The maximum absolute atomic E-state index is 13.3. The highest BCUT2D eigenvalue weighted by Crippen LogP contribution is 2.16. The van der Waals surface area contributed by atoms with Gasteiger partial charge in [0.25, 0.3) is 0 Å². The second-order valence-electron chi connectivity index (χ2n) is 3.64. The topological polar surface area (TPSA) is 46.9 Å². The zero-order valence-corrected chi connectivity index (χ0v) is 10.6. The summed E-state index contributed by atoms with van der Waals surface area (Å²) in [6.07, 6.45) is 3.47. The average Bonchev–Trinajstić information content (AvgIpc) is 2.75. The van der Waals surface area contributed by atoms with Gasteiger partial charge in [-0.25, -0.2) is 9.37 Å². The number of hydrogen-bond acceptors (Lipinski definition) is 3. The number of nitrogens with zero attached hydrogens (tertiary/aromatic N) is 2. The summed E-state index contributed by atoms with van der Waals surface area (Å²) in [7, 11) is 1.85. The number of aryl methyl sites for hydroxylation is 1. The Bertz CT molecular complexity index is 556. The van der Waals surface area contributed by atoms with Crippen molar-refractivity contribution >= 4 is 23.4 Å². The Kier molecular flexibility index (Phi) is 3.99. The number of aromatic nitrogens is 2. The van der Waals surface area contributed by atoms with E-state index in [1.807, 2.05) is 11.6 Å². The number of rotatable bonds is 4. The van der Waals surface area contributed by atoms with Gasteiger partial charge in [-0.2, -0.15) is 0 Å². The van der Waals surface area contributed by atoms with Gasteiger partial charge in [0.05, 0.1) is 11.4 Å². The monoisotopic (exact) mass is 265 g/mol. The van der Waals surface area contributed by atoms with Crippen LogP contribution in [0.25, 0.3) is 0 Å². The molecule has 4 nitrogen and oxygen atoms in total. The first-order chi connectivity index (χ1) is 8.66. The van der Waals surface area contributed by atoms with Crippen LogP contribution in [0.2, 0.25) is 0 Å². The minimum Gasteiger partial charge on any atom is -0.329 e. The molecule has 1 aromatic heterocycles. The first-order valence-electron chi connectivity index (χ1n) is 5.31. The van der Waals surface area contributed by atoms with Gasteiger partial charge in [0.2, 0.25) is 5.91 Å². The minimum absolute atomic E-state index is 0.194. The molecule has 0 bridgehead atoms. The Morgan fingerprint density at radius 2 is 2.28 bits per heavy atom. The SMILES string of the molecule is Cn1ccnc1SCC(=O)Nc1ccccc1F. The lowest BCUT2D eigenvalue weighted by Gasteiger charge is -2.05. The number of thioether (sulfide) groups is 1. The number of halogens is 1. The van der Waals surface area contributed by atoms with Crippen molar-refractivity contribution in [1.29, 1.82) is 0 Å². The lowest BCUT2D eigenvalue weighted by molar-refractivity contribution is -0.113. The van der Waals surface area contributed by atoms with Gasteiger partial charge in [-0.1, -0.05) is 23.9 Å². The van der Waals surface area contributed by atoms with Crippen LogP contribution in [0.15, 0.2) is 41.8 Å². The molecule has 0 atom stereocenters. The van der Waals surface area contributed by atoms with Crippen LogP contribution in [0.1, 0.15) is 0 Å². The van der Waals surface area contributed by atoms with E-state index in [-0.39, 0.29) is 17.3 Å². The van der Waals surface area contributed by atoms with Gasteiger partial charge in [0, 0.05) is 19.4 Å². The first kappa shape index (κ1) is 12.6. The second-order valence-corrected chi connectivity index (χ2v) is 4.58. The fraction of sp³-hybridized carbons (Fsp3) is 0.167. The van der Waals surface area contributed by atoms with Crippen LogP contribution < -0.4 is 5.32 Å². The summed E-state index contributed by atoms with van der Waals surface area (Å²) in [5.41, 5.74) is 0.197. The van der Waals surface area contributed by atoms with E-state index in [4.69, 9.17) is 0 Å². The third kappa shape index (κ3) is 3.10. The number of para-hydroxylation sites is 1. The number of anilines is 1. The molecule has 0 saturated heterocycles. The van der Waals surface area contributed by atoms with E-state index in [0.717, 1.165) is 5.16 Å². The maximum atomic E-state index is 13.3. The molecule has 0 aliphatic carbocycles. The Balaban J connectivity index is 1.90. The summed E-state index contributed by atoms with van der Waals surface area (Å²) in [4.78, 5) is 15.7. The van der Waals surface area contributed by atoms with Crippen LogP contribution in [-0.2, 0) is 11.8 Å². The van der Waals surface area contributed by atoms with Crippen molar-refractivity contribution in [1.82, 2.24) is 9.55 Å². The van der Waals surface area contributed by atoms with E-state index in [9.17, 15) is 9.18 Å². The van der Waals surface area contributed by atoms with E-state index in [2.05, 4.69) is 10.3 Å². The number of benzene rings is 1. The summed E-state index contributed by atoms with van der Waals surface area (Å²) in [6.45, 7) is 0. The van der Waals surface area contributed by atoms with Crippen molar-refractivity contribution in [3.63, 3.8) is 0 Å². The molecule has 0 aliphatic rings. The van der Waals surface area contributed by atoms with Crippen LogP contribution in [0.3, 0.4) is 0 Å². The summed E-state index contributed by atoms with van der Waals surface area (Å²) in [5, 5.41) is 3.27. The van der Waals surface area contributed by atoms with Crippen LogP contribution >= 0.6 is 11.8 Å². The molecular formula is C12H12FN3OS. The molecule has 18 heavy (non-hydrogen) atoms. The molecule has 2 aromatic rings. The fourth-order valence-corrected chi connectivity index (χ4v) is 2.10. The molecular weight excluding hydrogens is 253 g/mol. The van der Waals surface area contributed by atoms with Crippen molar-refractivity contribution in [2.75, 3.05) is 11.1 Å². The molecule has 0 spiro atoms. The van der Waals surface area contributed by atoms with Crippen LogP contribution in [0.5, 0.6) is 0 Å². The van der Waals surface area contributed by atoms with Gasteiger partial charge in [0.1, 0.15) is 5.82 Å². The lowest BCUT2D eigenvalue weighted by Crippen LogP contribution is -2.15. The second kappa shape index (κ2) is 5.68. The third-order valence-electron chi connectivity index (χ3n) is 2.26. The molecule has 0 saturated carbocycles. The summed E-state index contributed by atoms with van der Waals surface area (Å²) < 4.78 is 15.1. The highest BCUT2D eigenvalue weighted by molar-refractivity contribution is 7.99. The number of carbonyl (C=O) groups is 1. The standard InChI is InChI=1S/C12H12FN3OS/c1-16-7-6-14-12(16)18-8-11(17)15-10-5-3-2-4-9(10)13/h2-7H,8H2,1H3,(H,15,17). The number of amides is 1. The van der Waals surface area contributed by atoms with Gasteiger partial charge in [-0.3, -0.25) is 4.79 Å². The van der Waals surface area contributed by atoms with Crippen LogP contribution in [0, 0.1) is 5.82 Å². The van der Waals surface area contributed by atoms with E-state index < -0.39 is 5.82 Å². The normalized spacial score (nSPS) is 10.3. The molecule has 6 heteroatoms. The van der Waals surface area contributed by atoms with Gasteiger partial charge in [0.15, 0.2) is 5.16 Å². The Labute approximate surface area is 108 Å². The Morgan fingerprint density at radius 1 is 1.50 bits per heavy atom. The average molecular weight is 265 g/mol. The number of imidazole rings is 1. The van der Waals surface area contributed by atoms with Gasteiger partial charge in [-0.05, 0) is 12.1 Å². The summed E-state index contributed by atoms with van der Waals surface area (Å²) in [6, 6.07) is 6.08. The Morgan fingerprint density at radius 3 is 2.94 bits per heavy atom. The molecule has 0 unspecified atom stereocenters. The minimum atomic E-state index is -0.437. The summed E-state index contributed by atoms with van der Waals surface area (Å²) >= 11 is 1.30. The van der Waals surface area contributed by atoms with Crippen LogP contribution in [-0.4, -0.2) is 21.2 Å². The molecule has 1 N–H and O–H groups in total.